The molecule has 0 aliphatic rings. The summed E-state index contributed by atoms with van der Waals surface area (Å²) in [4.78, 5) is 15.1. The van der Waals surface area contributed by atoms with Crippen molar-refractivity contribution in [2.24, 2.45) is 5.73 Å². The van der Waals surface area contributed by atoms with E-state index in [1.807, 2.05) is 32.3 Å². The Hall–Kier alpha value is -0.390. The molecule has 96 valence electrons. The Bertz CT molecular complexity index is 388. The van der Waals surface area contributed by atoms with Gasteiger partial charge in [-0.1, -0.05) is 13.8 Å². The zero-order chi connectivity index (χ0) is 13.1. The first-order valence-corrected chi connectivity index (χ1v) is 7.37. The molecule has 17 heavy (non-hydrogen) atoms. The van der Waals surface area contributed by atoms with Crippen molar-refractivity contribution in [1.82, 2.24) is 4.90 Å². The molecule has 0 bridgehead atoms. The van der Waals surface area contributed by atoms with Crippen LogP contribution >= 0.6 is 27.3 Å². The van der Waals surface area contributed by atoms with Gasteiger partial charge in [-0.25, -0.2) is 0 Å². The number of carbonyl (C=O) groups excluding carboxylic acids is 1. The molecule has 1 amide bonds. The number of hydrogen-bond acceptors (Lipinski definition) is 3. The van der Waals surface area contributed by atoms with Crippen LogP contribution in [-0.4, -0.2) is 23.4 Å². The van der Waals surface area contributed by atoms with E-state index in [1.54, 1.807) is 16.2 Å². The van der Waals surface area contributed by atoms with E-state index in [9.17, 15) is 4.79 Å². The molecular weight excluding hydrogens is 300 g/mol. The van der Waals surface area contributed by atoms with Gasteiger partial charge in [0.25, 0.3) is 0 Å². The lowest BCUT2D eigenvalue weighted by molar-refractivity contribution is -0.136. The summed E-state index contributed by atoms with van der Waals surface area (Å²) < 4.78 is 1.06. The maximum Gasteiger partial charge on any atom is 0.242 e. The lowest BCUT2D eigenvalue weighted by Gasteiger charge is -2.30. The third-order valence-electron chi connectivity index (χ3n) is 3.05. The minimum absolute atomic E-state index is 0.0204. The van der Waals surface area contributed by atoms with E-state index in [4.69, 9.17) is 5.73 Å². The van der Waals surface area contributed by atoms with Crippen LogP contribution < -0.4 is 5.73 Å². The summed E-state index contributed by atoms with van der Waals surface area (Å²) in [5.41, 5.74) is 5.38. The fourth-order valence-electron chi connectivity index (χ4n) is 1.67. The van der Waals surface area contributed by atoms with Gasteiger partial charge in [-0.15, -0.1) is 11.3 Å². The number of likely N-dealkylation sites (N-methyl/N-ethyl adjacent to an activating group) is 1. The summed E-state index contributed by atoms with van der Waals surface area (Å²) in [5.74, 6) is 0.0204. The van der Waals surface area contributed by atoms with Gasteiger partial charge in [-0.3, -0.25) is 4.79 Å². The van der Waals surface area contributed by atoms with Crippen molar-refractivity contribution in [1.29, 1.82) is 0 Å². The van der Waals surface area contributed by atoms with Gasteiger partial charge in [-0.05, 0) is 34.8 Å². The van der Waals surface area contributed by atoms with Crippen LogP contribution in [0.15, 0.2) is 15.9 Å². The van der Waals surface area contributed by atoms with Gasteiger partial charge in [0.15, 0.2) is 0 Å². The molecule has 0 unspecified atom stereocenters. The molecular formula is C12H19BrN2OS. The molecule has 0 spiro atoms. The zero-order valence-electron chi connectivity index (χ0n) is 10.5. The van der Waals surface area contributed by atoms with Gasteiger partial charge < -0.3 is 10.6 Å². The summed E-state index contributed by atoms with van der Waals surface area (Å²) in [6, 6.07) is 2.03. The van der Waals surface area contributed by atoms with Crippen LogP contribution in [0, 0.1) is 0 Å². The van der Waals surface area contributed by atoms with Crippen molar-refractivity contribution < 1.29 is 4.79 Å². The van der Waals surface area contributed by atoms with Crippen molar-refractivity contribution in [3.05, 3.63) is 20.8 Å². The Kier molecular flexibility index (Phi) is 5.16. The second-order valence-electron chi connectivity index (χ2n) is 4.26. The minimum Gasteiger partial charge on any atom is -0.339 e. The molecule has 0 aliphatic heterocycles. The molecule has 0 fully saturated rings. The van der Waals surface area contributed by atoms with E-state index in [0.29, 0.717) is 19.4 Å². The highest BCUT2D eigenvalue weighted by atomic mass is 79.9. The standard InChI is InChI=1S/C12H19BrN2OS/c1-4-12(14,5-2)11(16)15(3)7-10-6-9(13)8-17-10/h6,8H,4-5,7,14H2,1-3H3. The van der Waals surface area contributed by atoms with Gasteiger partial charge in [0.2, 0.25) is 5.91 Å². The first-order valence-electron chi connectivity index (χ1n) is 5.70. The molecule has 0 aliphatic carbocycles. The third kappa shape index (κ3) is 3.53. The smallest absolute Gasteiger partial charge is 0.242 e. The van der Waals surface area contributed by atoms with Gasteiger partial charge in [-0.2, -0.15) is 0 Å². The van der Waals surface area contributed by atoms with Crippen LogP contribution in [0.1, 0.15) is 31.6 Å². The maximum atomic E-state index is 12.2. The molecule has 1 aromatic heterocycles. The summed E-state index contributed by atoms with van der Waals surface area (Å²) >= 11 is 5.05. The summed E-state index contributed by atoms with van der Waals surface area (Å²) in [6.45, 7) is 4.53. The number of halogens is 1. The average molecular weight is 319 g/mol. The van der Waals surface area contributed by atoms with E-state index in [1.165, 1.54) is 0 Å². The highest BCUT2D eigenvalue weighted by molar-refractivity contribution is 9.10. The molecule has 0 aromatic carbocycles. The number of thiophene rings is 1. The fraction of sp³-hybridized carbons (Fsp3) is 0.583. The topological polar surface area (TPSA) is 46.3 Å². The molecule has 5 heteroatoms. The van der Waals surface area contributed by atoms with Gasteiger partial charge >= 0.3 is 0 Å². The highest BCUT2D eigenvalue weighted by Crippen LogP contribution is 2.22. The van der Waals surface area contributed by atoms with E-state index < -0.39 is 5.54 Å². The molecule has 1 rings (SSSR count). The van der Waals surface area contributed by atoms with Gasteiger partial charge in [0.05, 0.1) is 12.1 Å². The SMILES string of the molecule is CCC(N)(CC)C(=O)N(C)Cc1cc(Br)cs1. The summed E-state index contributed by atoms with van der Waals surface area (Å²) in [7, 11) is 1.81. The predicted molar refractivity (Wildman–Crippen MR) is 76.0 cm³/mol. The normalized spacial score (nSPS) is 11.6. The maximum absolute atomic E-state index is 12.2. The van der Waals surface area contributed by atoms with Gasteiger partial charge in [0.1, 0.15) is 0 Å². The molecule has 2 N–H and O–H groups in total. The molecule has 0 atom stereocenters. The molecule has 3 nitrogen and oxygen atoms in total. The molecule has 0 radical (unpaired) electrons. The molecule has 0 saturated carbocycles. The second-order valence-corrected chi connectivity index (χ2v) is 6.17. The third-order valence-corrected chi connectivity index (χ3v) is 4.73. The van der Waals surface area contributed by atoms with E-state index in [0.717, 1.165) is 9.35 Å². The van der Waals surface area contributed by atoms with E-state index in [-0.39, 0.29) is 5.91 Å². The average Bonchev–Trinajstić information content (AvgIpc) is 2.72. The first kappa shape index (κ1) is 14.7. The number of amides is 1. The van der Waals surface area contributed by atoms with Crippen LogP contribution in [0.2, 0.25) is 0 Å². The van der Waals surface area contributed by atoms with Crippen LogP contribution in [0.25, 0.3) is 0 Å². The minimum atomic E-state index is -0.719. The lowest BCUT2D eigenvalue weighted by Crippen LogP contribution is -2.53. The van der Waals surface area contributed by atoms with Crippen LogP contribution in [-0.2, 0) is 11.3 Å². The Morgan fingerprint density at radius 2 is 2.12 bits per heavy atom. The lowest BCUT2D eigenvalue weighted by atomic mass is 9.92. The van der Waals surface area contributed by atoms with Crippen molar-refractivity contribution in [3.8, 4) is 0 Å². The monoisotopic (exact) mass is 318 g/mol. The number of nitrogens with zero attached hydrogens (tertiary/aromatic N) is 1. The van der Waals surface area contributed by atoms with Crippen molar-refractivity contribution in [3.63, 3.8) is 0 Å². The quantitative estimate of drug-likeness (QED) is 0.907. The largest absolute Gasteiger partial charge is 0.339 e. The summed E-state index contributed by atoms with van der Waals surface area (Å²) in [5, 5.41) is 2.02. The zero-order valence-corrected chi connectivity index (χ0v) is 12.9. The number of rotatable bonds is 5. The highest BCUT2D eigenvalue weighted by Gasteiger charge is 2.32. The number of carbonyl (C=O) groups is 1. The Morgan fingerprint density at radius 3 is 2.53 bits per heavy atom. The van der Waals surface area contributed by atoms with Crippen molar-refractivity contribution >= 4 is 33.2 Å². The van der Waals surface area contributed by atoms with E-state index >= 15 is 0 Å². The Labute approximate surface area is 115 Å². The first-order chi connectivity index (χ1) is 7.92. The van der Waals surface area contributed by atoms with Crippen LogP contribution in [0.4, 0.5) is 0 Å². The van der Waals surface area contributed by atoms with Gasteiger partial charge in [0, 0.05) is 21.8 Å². The molecule has 1 heterocycles. The molecule has 1 aromatic rings. The fourth-order valence-corrected chi connectivity index (χ4v) is 3.18. The number of hydrogen-bond donors (Lipinski definition) is 1. The second kappa shape index (κ2) is 5.98. The predicted octanol–water partition coefficient (Wildman–Crippen LogP) is 2.99. The van der Waals surface area contributed by atoms with Crippen LogP contribution in [0.5, 0.6) is 0 Å². The Morgan fingerprint density at radius 1 is 1.53 bits per heavy atom. The molecule has 0 saturated heterocycles. The van der Waals surface area contributed by atoms with Crippen LogP contribution in [0.3, 0.4) is 0 Å². The van der Waals surface area contributed by atoms with Crippen molar-refractivity contribution in [2.45, 2.75) is 38.8 Å². The van der Waals surface area contributed by atoms with E-state index in [2.05, 4.69) is 15.9 Å². The number of nitrogens with two attached hydrogens (primary N) is 1. The Balaban J connectivity index is 2.70. The summed E-state index contributed by atoms with van der Waals surface area (Å²) in [6.07, 6.45) is 1.33. The van der Waals surface area contributed by atoms with Crippen molar-refractivity contribution in [2.75, 3.05) is 7.05 Å².